The minimum absolute atomic E-state index is 0.138. The number of hydrogen-bond acceptors (Lipinski definition) is 4. The summed E-state index contributed by atoms with van der Waals surface area (Å²) in [7, 11) is 1.31. The summed E-state index contributed by atoms with van der Waals surface area (Å²) in [6.07, 6.45) is 0.382. The topological polar surface area (TPSA) is 71.8 Å². The van der Waals surface area contributed by atoms with Gasteiger partial charge in [-0.2, -0.15) is 17.0 Å². The Morgan fingerprint density at radius 2 is 2.00 bits per heavy atom. The maximum absolute atomic E-state index is 12.0. The molecule has 118 valence electrons. The van der Waals surface area contributed by atoms with Crippen molar-refractivity contribution in [3.8, 4) is 5.75 Å². The second-order valence-corrected chi connectivity index (χ2v) is 7.55. The molecule has 0 spiro atoms. The molecule has 0 N–H and O–H groups in total. The minimum Gasteiger partial charge on any atom is -0.489 e. The second kappa shape index (κ2) is 5.78. The van der Waals surface area contributed by atoms with Crippen molar-refractivity contribution in [2.75, 3.05) is 27.2 Å². The minimum atomic E-state index is -3.40. The molecule has 1 fully saturated rings. The first-order chi connectivity index (χ1) is 9.71. The molecule has 0 aliphatic carbocycles. The molecule has 0 amide bonds. The number of aryl methyl sites for hydroxylation is 1. The summed E-state index contributed by atoms with van der Waals surface area (Å²) in [6.45, 7) is 2.55. The zero-order chi connectivity index (χ0) is 15.8. The molecule has 1 saturated heterocycles. The highest BCUT2D eigenvalue weighted by atomic mass is 32.2. The maximum Gasteiger partial charge on any atom is 0.281 e. The van der Waals surface area contributed by atoms with E-state index in [1.165, 1.54) is 33.3 Å². The van der Waals surface area contributed by atoms with Crippen molar-refractivity contribution in [2.24, 2.45) is 7.05 Å². The normalized spacial score (nSPS) is 20.1. The van der Waals surface area contributed by atoms with Gasteiger partial charge in [-0.05, 0) is 19.4 Å². The smallest absolute Gasteiger partial charge is 0.281 e. The number of ether oxygens (including phenoxy) is 1. The van der Waals surface area contributed by atoms with Crippen LogP contribution in [0, 0.1) is 6.92 Å². The van der Waals surface area contributed by atoms with Crippen LogP contribution in [0.3, 0.4) is 0 Å². The van der Waals surface area contributed by atoms with E-state index in [0.717, 1.165) is 5.69 Å². The van der Waals surface area contributed by atoms with Gasteiger partial charge in [0.1, 0.15) is 11.9 Å². The van der Waals surface area contributed by atoms with Crippen LogP contribution in [-0.2, 0) is 17.3 Å². The van der Waals surface area contributed by atoms with E-state index in [1.807, 2.05) is 6.92 Å². The first-order valence-corrected chi connectivity index (χ1v) is 8.13. The van der Waals surface area contributed by atoms with E-state index < -0.39 is 10.2 Å². The summed E-state index contributed by atoms with van der Waals surface area (Å²) in [5.41, 5.74) is 0.661. The van der Waals surface area contributed by atoms with Crippen LogP contribution in [0.4, 0.5) is 0 Å². The van der Waals surface area contributed by atoms with Crippen molar-refractivity contribution in [3.63, 3.8) is 0 Å². The average molecular weight is 315 g/mol. The summed E-state index contributed by atoms with van der Waals surface area (Å²) in [4.78, 5) is 11.7. The van der Waals surface area contributed by atoms with E-state index in [-0.39, 0.29) is 11.7 Å². The first-order valence-electron chi connectivity index (χ1n) is 6.73. The largest absolute Gasteiger partial charge is 0.489 e. The lowest BCUT2D eigenvalue weighted by Crippen LogP contribution is -2.39. The van der Waals surface area contributed by atoms with Gasteiger partial charge in [0.25, 0.3) is 15.8 Å². The maximum atomic E-state index is 12.0. The van der Waals surface area contributed by atoms with Crippen molar-refractivity contribution in [1.82, 2.24) is 13.2 Å². The van der Waals surface area contributed by atoms with Crippen LogP contribution in [0.25, 0.3) is 0 Å². The van der Waals surface area contributed by atoms with E-state index in [9.17, 15) is 13.2 Å². The molecule has 1 aliphatic rings. The first kappa shape index (κ1) is 16.0. The quantitative estimate of drug-likeness (QED) is 0.781. The van der Waals surface area contributed by atoms with Gasteiger partial charge in [-0.3, -0.25) is 4.79 Å². The number of pyridine rings is 1. The van der Waals surface area contributed by atoms with Crippen molar-refractivity contribution in [3.05, 3.63) is 28.2 Å². The fourth-order valence-electron chi connectivity index (χ4n) is 2.23. The molecule has 1 aromatic heterocycles. The highest BCUT2D eigenvalue weighted by Gasteiger charge is 2.33. The van der Waals surface area contributed by atoms with Gasteiger partial charge in [-0.15, -0.1) is 0 Å². The van der Waals surface area contributed by atoms with Crippen molar-refractivity contribution in [1.29, 1.82) is 0 Å². The van der Waals surface area contributed by atoms with Crippen molar-refractivity contribution < 1.29 is 13.2 Å². The molecule has 1 atom stereocenters. The summed E-state index contributed by atoms with van der Waals surface area (Å²) in [6, 6.07) is 3.21. The van der Waals surface area contributed by atoms with Gasteiger partial charge in [-0.1, -0.05) is 0 Å². The van der Waals surface area contributed by atoms with Gasteiger partial charge in [0.2, 0.25) is 0 Å². The number of nitrogens with zero attached hydrogens (tertiary/aromatic N) is 3. The van der Waals surface area contributed by atoms with E-state index in [4.69, 9.17) is 4.74 Å². The van der Waals surface area contributed by atoms with Crippen LogP contribution in [0.2, 0.25) is 0 Å². The van der Waals surface area contributed by atoms with Gasteiger partial charge in [0, 0.05) is 39.4 Å². The summed E-state index contributed by atoms with van der Waals surface area (Å²) >= 11 is 0. The Balaban J connectivity index is 2.09. The zero-order valence-electron chi connectivity index (χ0n) is 12.7. The zero-order valence-corrected chi connectivity index (χ0v) is 13.6. The Morgan fingerprint density at radius 3 is 2.57 bits per heavy atom. The fraction of sp³-hybridized carbons (Fsp3) is 0.615. The highest BCUT2D eigenvalue weighted by Crippen LogP contribution is 2.20. The van der Waals surface area contributed by atoms with Gasteiger partial charge in [-0.25, -0.2) is 0 Å². The predicted molar refractivity (Wildman–Crippen MR) is 79.6 cm³/mol. The predicted octanol–water partition coefficient (Wildman–Crippen LogP) is -0.0468. The standard InChI is InChI=1S/C13H21N3O4S/c1-10-7-12(8-13(17)15(10)4)20-11-5-6-16(9-11)21(18,19)14(2)3/h7-8,11H,5-6,9H2,1-4H3. The molecular formula is C13H21N3O4S. The molecule has 0 aromatic carbocycles. The Bertz CT molecular complexity index is 681. The van der Waals surface area contributed by atoms with Gasteiger partial charge < -0.3 is 9.30 Å². The molecule has 21 heavy (non-hydrogen) atoms. The third-order valence-electron chi connectivity index (χ3n) is 3.67. The second-order valence-electron chi connectivity index (χ2n) is 5.41. The lowest BCUT2D eigenvalue weighted by atomic mass is 10.3. The Kier molecular flexibility index (Phi) is 4.40. The summed E-state index contributed by atoms with van der Waals surface area (Å²) in [5.74, 6) is 0.490. The summed E-state index contributed by atoms with van der Waals surface area (Å²) < 4.78 is 33.9. The number of aromatic nitrogens is 1. The highest BCUT2D eigenvalue weighted by molar-refractivity contribution is 7.86. The van der Waals surface area contributed by atoms with Crippen LogP contribution >= 0.6 is 0 Å². The van der Waals surface area contributed by atoms with E-state index >= 15 is 0 Å². The molecule has 0 radical (unpaired) electrons. The lowest BCUT2D eigenvalue weighted by Gasteiger charge is -2.21. The van der Waals surface area contributed by atoms with Crippen molar-refractivity contribution in [2.45, 2.75) is 19.4 Å². The summed E-state index contributed by atoms with van der Waals surface area (Å²) in [5, 5.41) is 0. The Hall–Kier alpha value is -1.38. The molecule has 2 heterocycles. The molecule has 2 rings (SSSR count). The SMILES string of the molecule is Cc1cc(OC2CCN(S(=O)(=O)N(C)C)C2)cc(=O)n1C. The number of rotatable bonds is 4. The third kappa shape index (κ3) is 3.28. The lowest BCUT2D eigenvalue weighted by molar-refractivity contribution is 0.213. The Morgan fingerprint density at radius 1 is 1.33 bits per heavy atom. The molecule has 7 nitrogen and oxygen atoms in total. The number of hydrogen-bond donors (Lipinski definition) is 0. The average Bonchev–Trinajstić information content (AvgIpc) is 2.84. The van der Waals surface area contributed by atoms with E-state index in [0.29, 0.717) is 25.3 Å². The van der Waals surface area contributed by atoms with Crippen LogP contribution in [-0.4, -0.2) is 54.9 Å². The van der Waals surface area contributed by atoms with Gasteiger partial charge in [0.05, 0.1) is 6.54 Å². The van der Waals surface area contributed by atoms with Crippen LogP contribution in [0.5, 0.6) is 5.75 Å². The molecule has 8 heteroatoms. The van der Waals surface area contributed by atoms with E-state index in [1.54, 1.807) is 13.1 Å². The molecular weight excluding hydrogens is 294 g/mol. The molecule has 0 saturated carbocycles. The van der Waals surface area contributed by atoms with Crippen LogP contribution in [0.15, 0.2) is 16.9 Å². The monoisotopic (exact) mass is 315 g/mol. The molecule has 0 bridgehead atoms. The van der Waals surface area contributed by atoms with Crippen molar-refractivity contribution >= 4 is 10.2 Å². The van der Waals surface area contributed by atoms with Gasteiger partial charge in [0.15, 0.2) is 0 Å². The molecule has 1 aliphatic heterocycles. The van der Waals surface area contributed by atoms with E-state index in [2.05, 4.69) is 0 Å². The molecule has 1 aromatic rings. The van der Waals surface area contributed by atoms with Crippen LogP contribution < -0.4 is 10.3 Å². The molecule has 1 unspecified atom stereocenters. The van der Waals surface area contributed by atoms with Gasteiger partial charge >= 0.3 is 0 Å². The fourth-order valence-corrected chi connectivity index (χ4v) is 3.38. The van der Waals surface area contributed by atoms with Crippen LogP contribution in [0.1, 0.15) is 12.1 Å². The Labute approximate surface area is 124 Å². The third-order valence-corrected chi connectivity index (χ3v) is 5.58.